The number of non-ortho nitro benzene ring substituents is 1. The molecule has 0 aliphatic carbocycles. The standard InChI is InChI=1S/C20H13ClN2O4/c21-15-6-8-17(20(25)13-4-2-1-3-5-13)18(11-15)22-12-14-10-16(23(26)27)7-9-19(14)24/h1-12,24H. The number of carbonyl (C=O) groups is 1. The number of benzene rings is 3. The maximum Gasteiger partial charge on any atom is 0.270 e. The molecule has 7 heteroatoms. The number of aliphatic imine (C=N–C) groups is 1. The molecule has 0 aromatic heterocycles. The molecule has 6 nitrogen and oxygen atoms in total. The fourth-order valence-corrected chi connectivity index (χ4v) is 2.61. The average molecular weight is 381 g/mol. The molecule has 3 aromatic rings. The number of nitro groups is 1. The molecule has 1 N–H and O–H groups in total. The maximum absolute atomic E-state index is 12.7. The lowest BCUT2D eigenvalue weighted by molar-refractivity contribution is -0.384. The zero-order valence-electron chi connectivity index (χ0n) is 13.9. The number of phenolic OH excluding ortho intramolecular Hbond substituents is 1. The van der Waals surface area contributed by atoms with Gasteiger partial charge in [0.15, 0.2) is 5.78 Å². The summed E-state index contributed by atoms with van der Waals surface area (Å²) in [5, 5.41) is 21.2. The molecule has 0 radical (unpaired) electrons. The molecule has 0 fully saturated rings. The van der Waals surface area contributed by atoms with Crippen molar-refractivity contribution in [2.24, 2.45) is 4.99 Å². The molecule has 0 saturated carbocycles. The second kappa shape index (κ2) is 7.80. The summed E-state index contributed by atoms with van der Waals surface area (Å²) in [6.07, 6.45) is 1.26. The van der Waals surface area contributed by atoms with Gasteiger partial charge in [-0.05, 0) is 24.3 Å². The lowest BCUT2D eigenvalue weighted by atomic mass is 10.0. The highest BCUT2D eigenvalue weighted by Gasteiger charge is 2.14. The van der Waals surface area contributed by atoms with Crippen LogP contribution in [0.3, 0.4) is 0 Å². The van der Waals surface area contributed by atoms with E-state index < -0.39 is 4.92 Å². The number of hydrogen-bond acceptors (Lipinski definition) is 5. The van der Waals surface area contributed by atoms with Crippen molar-refractivity contribution in [3.63, 3.8) is 0 Å². The first-order valence-electron chi connectivity index (χ1n) is 7.86. The Labute approximate surface area is 159 Å². The fourth-order valence-electron chi connectivity index (χ4n) is 2.45. The minimum atomic E-state index is -0.569. The molecule has 0 heterocycles. The smallest absolute Gasteiger partial charge is 0.270 e. The van der Waals surface area contributed by atoms with Gasteiger partial charge in [-0.1, -0.05) is 41.9 Å². The second-order valence-corrected chi connectivity index (χ2v) is 6.05. The van der Waals surface area contributed by atoms with E-state index in [4.69, 9.17) is 11.6 Å². The van der Waals surface area contributed by atoms with E-state index in [0.29, 0.717) is 21.8 Å². The van der Waals surface area contributed by atoms with E-state index in [1.807, 2.05) is 6.07 Å². The Bertz CT molecular complexity index is 1050. The number of phenols is 1. The zero-order chi connectivity index (χ0) is 19.4. The Balaban J connectivity index is 2.01. The van der Waals surface area contributed by atoms with E-state index in [2.05, 4.69) is 4.99 Å². The van der Waals surface area contributed by atoms with Crippen molar-refractivity contribution in [3.05, 3.63) is 98.6 Å². The third-order valence-corrected chi connectivity index (χ3v) is 4.04. The van der Waals surface area contributed by atoms with Crippen LogP contribution in [0, 0.1) is 10.1 Å². The van der Waals surface area contributed by atoms with E-state index in [0.717, 1.165) is 0 Å². The number of rotatable bonds is 5. The van der Waals surface area contributed by atoms with Gasteiger partial charge in [-0.2, -0.15) is 0 Å². The van der Waals surface area contributed by atoms with Gasteiger partial charge in [0, 0.05) is 40.1 Å². The predicted octanol–water partition coefficient (Wildman–Crippen LogP) is 4.94. The first-order valence-corrected chi connectivity index (χ1v) is 8.24. The third kappa shape index (κ3) is 4.19. The number of aromatic hydroxyl groups is 1. The van der Waals surface area contributed by atoms with Gasteiger partial charge < -0.3 is 5.11 Å². The van der Waals surface area contributed by atoms with Crippen molar-refractivity contribution in [2.45, 2.75) is 0 Å². The van der Waals surface area contributed by atoms with E-state index in [1.54, 1.807) is 36.4 Å². The monoisotopic (exact) mass is 380 g/mol. The SMILES string of the molecule is O=C(c1ccccc1)c1ccc(Cl)cc1N=Cc1cc([N+](=O)[O-])ccc1O. The van der Waals surface area contributed by atoms with Gasteiger partial charge in [-0.25, -0.2) is 0 Å². The van der Waals surface area contributed by atoms with Crippen LogP contribution in [0.1, 0.15) is 21.5 Å². The quantitative estimate of drug-likeness (QED) is 0.294. The molecule has 27 heavy (non-hydrogen) atoms. The predicted molar refractivity (Wildman–Crippen MR) is 103 cm³/mol. The van der Waals surface area contributed by atoms with Crippen LogP contribution in [0.25, 0.3) is 0 Å². The molecule has 3 rings (SSSR count). The molecule has 3 aromatic carbocycles. The summed E-state index contributed by atoms with van der Waals surface area (Å²) in [6.45, 7) is 0. The summed E-state index contributed by atoms with van der Waals surface area (Å²) >= 11 is 6.02. The van der Waals surface area contributed by atoms with E-state index in [1.165, 1.54) is 30.5 Å². The highest BCUT2D eigenvalue weighted by Crippen LogP contribution is 2.27. The number of carbonyl (C=O) groups excluding carboxylic acids is 1. The Morgan fingerprint density at radius 2 is 1.81 bits per heavy atom. The summed E-state index contributed by atoms with van der Waals surface area (Å²) in [6, 6.07) is 17.0. The van der Waals surface area contributed by atoms with Crippen LogP contribution in [-0.4, -0.2) is 22.0 Å². The third-order valence-electron chi connectivity index (χ3n) is 3.81. The molecule has 0 saturated heterocycles. The van der Waals surface area contributed by atoms with Crippen LogP contribution < -0.4 is 0 Å². The number of nitro benzene ring substituents is 1. The molecule has 0 atom stereocenters. The summed E-state index contributed by atoms with van der Waals surface area (Å²) in [5.41, 5.74) is 1.09. The molecular formula is C20H13ClN2O4. The van der Waals surface area contributed by atoms with Gasteiger partial charge in [-0.3, -0.25) is 19.9 Å². The van der Waals surface area contributed by atoms with Crippen LogP contribution in [0.15, 0.2) is 71.7 Å². The molecular weight excluding hydrogens is 368 g/mol. The summed E-state index contributed by atoms with van der Waals surface area (Å²) in [4.78, 5) is 27.3. The largest absolute Gasteiger partial charge is 0.507 e. The first-order chi connectivity index (χ1) is 13.0. The lowest BCUT2D eigenvalue weighted by Gasteiger charge is -2.06. The molecule has 0 bridgehead atoms. The van der Waals surface area contributed by atoms with Crippen molar-refractivity contribution in [1.82, 2.24) is 0 Å². The summed E-state index contributed by atoms with van der Waals surface area (Å²) < 4.78 is 0. The van der Waals surface area contributed by atoms with Crippen LogP contribution in [0.5, 0.6) is 5.75 Å². The summed E-state index contributed by atoms with van der Waals surface area (Å²) in [5.74, 6) is -0.398. The van der Waals surface area contributed by atoms with Crippen LogP contribution in [0.4, 0.5) is 11.4 Å². The summed E-state index contributed by atoms with van der Waals surface area (Å²) in [7, 11) is 0. The van der Waals surface area contributed by atoms with Crippen molar-refractivity contribution >= 4 is 35.0 Å². The number of nitrogens with zero attached hydrogens (tertiary/aromatic N) is 2. The van der Waals surface area contributed by atoms with Gasteiger partial charge in [0.2, 0.25) is 0 Å². The topological polar surface area (TPSA) is 92.8 Å². The van der Waals surface area contributed by atoms with E-state index >= 15 is 0 Å². The van der Waals surface area contributed by atoms with Crippen LogP contribution >= 0.6 is 11.6 Å². The molecule has 0 aliphatic rings. The van der Waals surface area contributed by atoms with Gasteiger partial charge in [0.25, 0.3) is 5.69 Å². The Morgan fingerprint density at radius 3 is 2.52 bits per heavy atom. The Hall–Kier alpha value is -3.51. The average Bonchev–Trinajstić information content (AvgIpc) is 2.67. The van der Waals surface area contributed by atoms with Gasteiger partial charge in [0.1, 0.15) is 5.75 Å². The Morgan fingerprint density at radius 1 is 1.07 bits per heavy atom. The van der Waals surface area contributed by atoms with E-state index in [9.17, 15) is 20.0 Å². The van der Waals surface area contributed by atoms with Crippen molar-refractivity contribution in [1.29, 1.82) is 0 Å². The molecule has 134 valence electrons. The minimum absolute atomic E-state index is 0.155. The van der Waals surface area contributed by atoms with Gasteiger partial charge in [-0.15, -0.1) is 0 Å². The van der Waals surface area contributed by atoms with Crippen molar-refractivity contribution in [3.8, 4) is 5.75 Å². The van der Waals surface area contributed by atoms with Crippen LogP contribution in [-0.2, 0) is 0 Å². The minimum Gasteiger partial charge on any atom is -0.507 e. The lowest BCUT2D eigenvalue weighted by Crippen LogP contribution is -2.01. The Kier molecular flexibility index (Phi) is 5.28. The van der Waals surface area contributed by atoms with E-state index in [-0.39, 0.29) is 22.8 Å². The molecule has 0 unspecified atom stereocenters. The maximum atomic E-state index is 12.7. The highest BCUT2D eigenvalue weighted by atomic mass is 35.5. The second-order valence-electron chi connectivity index (χ2n) is 5.62. The van der Waals surface area contributed by atoms with Gasteiger partial charge in [0.05, 0.1) is 10.6 Å². The molecule has 0 amide bonds. The number of halogens is 1. The van der Waals surface area contributed by atoms with Crippen LogP contribution in [0.2, 0.25) is 5.02 Å². The molecule has 0 aliphatic heterocycles. The van der Waals surface area contributed by atoms with Crippen molar-refractivity contribution < 1.29 is 14.8 Å². The van der Waals surface area contributed by atoms with Crippen molar-refractivity contribution in [2.75, 3.05) is 0 Å². The first kappa shape index (κ1) is 18.3. The van der Waals surface area contributed by atoms with Gasteiger partial charge >= 0.3 is 0 Å². The molecule has 0 spiro atoms. The number of ketones is 1. The number of hydrogen-bond donors (Lipinski definition) is 1. The fraction of sp³-hybridized carbons (Fsp3) is 0. The zero-order valence-corrected chi connectivity index (χ0v) is 14.6. The highest BCUT2D eigenvalue weighted by molar-refractivity contribution is 6.31. The normalized spacial score (nSPS) is 10.9.